The molecule has 1 rings (SSSR count). The average Bonchev–Trinajstić information content (AvgIpc) is 2.67. The van der Waals surface area contributed by atoms with Crippen LogP contribution in [0.25, 0.3) is 0 Å². The van der Waals surface area contributed by atoms with Crippen LogP contribution in [0.5, 0.6) is 0 Å². The van der Waals surface area contributed by atoms with Gasteiger partial charge in [0.1, 0.15) is 13.1 Å². The Hall–Kier alpha value is -3.30. The highest BCUT2D eigenvalue weighted by Crippen LogP contribution is 2.05. The molecule has 10 heteroatoms. The number of hydrogen-bond donors (Lipinski definition) is 4. The molecule has 0 atom stereocenters. The third-order valence-corrected chi connectivity index (χ3v) is 3.14. The Morgan fingerprint density at radius 2 is 1.19 bits per heavy atom. The second kappa shape index (κ2) is 11.3. The van der Waals surface area contributed by atoms with Crippen molar-refractivity contribution in [2.24, 2.45) is 0 Å². The molecule has 1 aromatic carbocycles. The van der Waals surface area contributed by atoms with Crippen LogP contribution in [0.4, 0.5) is 9.59 Å². The molecule has 0 aliphatic carbocycles. The van der Waals surface area contributed by atoms with Gasteiger partial charge in [0.15, 0.2) is 0 Å². The van der Waals surface area contributed by atoms with Crippen LogP contribution in [0.2, 0.25) is 0 Å². The van der Waals surface area contributed by atoms with Crippen LogP contribution in [-0.4, -0.2) is 51.3 Å². The number of methoxy groups -OCH3 is 2. The standard InChI is InChI=1S/C16H22N4O6/c1-25-13(21)9-19-15(23)17-7-11-4-3-5-12(6-11)8-18-16(24)20-10-14(22)26-2/h3-6H,7-10H2,1-2H3,(H2,17,19,23)(H2,18,20,24). The first-order chi connectivity index (χ1) is 12.4. The fourth-order valence-corrected chi connectivity index (χ4v) is 1.79. The van der Waals surface area contributed by atoms with Crippen LogP contribution in [-0.2, 0) is 32.2 Å². The third kappa shape index (κ3) is 8.52. The summed E-state index contributed by atoms with van der Waals surface area (Å²) < 4.78 is 8.83. The Bertz CT molecular complexity index is 598. The van der Waals surface area contributed by atoms with E-state index in [4.69, 9.17) is 0 Å². The van der Waals surface area contributed by atoms with Crippen molar-refractivity contribution in [1.82, 2.24) is 21.3 Å². The summed E-state index contributed by atoms with van der Waals surface area (Å²) in [6, 6.07) is 6.21. The highest BCUT2D eigenvalue weighted by Gasteiger charge is 2.06. The highest BCUT2D eigenvalue weighted by atomic mass is 16.5. The summed E-state index contributed by atoms with van der Waals surface area (Å²) in [5, 5.41) is 9.92. The molecule has 10 nitrogen and oxygen atoms in total. The van der Waals surface area contributed by atoms with E-state index in [2.05, 4.69) is 30.7 Å². The molecular formula is C16H22N4O6. The smallest absolute Gasteiger partial charge is 0.325 e. The third-order valence-electron chi connectivity index (χ3n) is 3.14. The number of carbonyl (C=O) groups is 4. The number of rotatable bonds is 8. The lowest BCUT2D eigenvalue weighted by Crippen LogP contribution is -2.38. The lowest BCUT2D eigenvalue weighted by atomic mass is 10.1. The Morgan fingerprint density at radius 1 is 0.769 bits per heavy atom. The summed E-state index contributed by atoms with van der Waals surface area (Å²) in [5.41, 5.74) is 1.62. The van der Waals surface area contributed by atoms with Crippen LogP contribution < -0.4 is 21.3 Å². The van der Waals surface area contributed by atoms with Gasteiger partial charge in [0.05, 0.1) is 14.2 Å². The van der Waals surface area contributed by atoms with E-state index >= 15 is 0 Å². The largest absolute Gasteiger partial charge is 0.468 e. The quantitative estimate of drug-likeness (QED) is 0.464. The Labute approximate surface area is 150 Å². The average molecular weight is 366 g/mol. The molecule has 0 heterocycles. The second-order valence-electron chi connectivity index (χ2n) is 5.04. The highest BCUT2D eigenvalue weighted by molar-refractivity contribution is 5.81. The normalized spacial score (nSPS) is 9.62. The maximum atomic E-state index is 11.6. The summed E-state index contributed by atoms with van der Waals surface area (Å²) in [5.74, 6) is -1.09. The molecule has 0 aliphatic heterocycles. The maximum absolute atomic E-state index is 11.6. The topological polar surface area (TPSA) is 135 Å². The van der Waals surface area contributed by atoms with Crippen molar-refractivity contribution >= 4 is 24.0 Å². The van der Waals surface area contributed by atoms with Gasteiger partial charge in [0.25, 0.3) is 0 Å². The summed E-state index contributed by atoms with van der Waals surface area (Å²) in [4.78, 5) is 45.0. The number of esters is 2. The molecule has 26 heavy (non-hydrogen) atoms. The lowest BCUT2D eigenvalue weighted by molar-refractivity contribution is -0.140. The summed E-state index contributed by atoms with van der Waals surface area (Å²) in [6.07, 6.45) is 0. The van der Waals surface area contributed by atoms with Crippen LogP contribution in [0.15, 0.2) is 24.3 Å². The molecule has 0 bridgehead atoms. The zero-order chi connectivity index (χ0) is 19.4. The number of benzene rings is 1. The number of nitrogens with one attached hydrogen (secondary N) is 4. The van der Waals surface area contributed by atoms with E-state index in [1.54, 1.807) is 24.3 Å². The lowest BCUT2D eigenvalue weighted by Gasteiger charge is -2.09. The van der Waals surface area contributed by atoms with Gasteiger partial charge >= 0.3 is 24.0 Å². The number of carbonyl (C=O) groups excluding carboxylic acids is 4. The minimum atomic E-state index is -0.543. The van der Waals surface area contributed by atoms with Crippen LogP contribution in [0.3, 0.4) is 0 Å². The Morgan fingerprint density at radius 3 is 1.58 bits per heavy atom. The fourth-order valence-electron chi connectivity index (χ4n) is 1.79. The van der Waals surface area contributed by atoms with Gasteiger partial charge in [-0.25, -0.2) is 9.59 Å². The van der Waals surface area contributed by atoms with Crippen molar-refractivity contribution in [3.8, 4) is 0 Å². The van der Waals surface area contributed by atoms with Gasteiger partial charge < -0.3 is 30.7 Å². The fraction of sp³-hybridized carbons (Fsp3) is 0.375. The van der Waals surface area contributed by atoms with Crippen LogP contribution in [0.1, 0.15) is 11.1 Å². The Kier molecular flexibility index (Phi) is 9.01. The van der Waals surface area contributed by atoms with Gasteiger partial charge in [-0.1, -0.05) is 24.3 Å². The predicted octanol–water partition coefficient (Wildman–Crippen LogP) is -0.369. The number of amides is 4. The first kappa shape index (κ1) is 20.7. The molecule has 1 aromatic rings. The van der Waals surface area contributed by atoms with E-state index in [1.165, 1.54) is 14.2 Å². The van der Waals surface area contributed by atoms with Gasteiger partial charge in [0, 0.05) is 13.1 Å². The van der Waals surface area contributed by atoms with Gasteiger partial charge in [-0.2, -0.15) is 0 Å². The Balaban J connectivity index is 2.38. The first-order valence-electron chi connectivity index (χ1n) is 7.69. The number of urea groups is 2. The van der Waals surface area contributed by atoms with Crippen molar-refractivity contribution in [2.75, 3.05) is 27.3 Å². The molecule has 0 fully saturated rings. The molecule has 4 amide bonds. The minimum absolute atomic E-state index is 0.215. The molecule has 0 saturated heterocycles. The van der Waals surface area contributed by atoms with Gasteiger partial charge in [-0.15, -0.1) is 0 Å². The molecule has 0 spiro atoms. The molecule has 0 unspecified atom stereocenters. The van der Waals surface area contributed by atoms with Gasteiger partial charge in [-0.05, 0) is 11.1 Å². The van der Waals surface area contributed by atoms with E-state index in [0.717, 1.165) is 11.1 Å². The monoisotopic (exact) mass is 366 g/mol. The van der Waals surface area contributed by atoms with Crippen molar-refractivity contribution in [3.05, 3.63) is 35.4 Å². The molecule has 0 radical (unpaired) electrons. The molecule has 0 aliphatic rings. The van der Waals surface area contributed by atoms with E-state index in [-0.39, 0.29) is 26.2 Å². The van der Waals surface area contributed by atoms with E-state index in [9.17, 15) is 19.2 Å². The zero-order valence-electron chi connectivity index (χ0n) is 14.6. The molecule has 0 saturated carbocycles. The van der Waals surface area contributed by atoms with Crippen molar-refractivity contribution in [3.63, 3.8) is 0 Å². The molecule has 4 N–H and O–H groups in total. The minimum Gasteiger partial charge on any atom is -0.468 e. The molecule has 0 aromatic heterocycles. The SMILES string of the molecule is COC(=O)CNC(=O)NCc1cccc(CNC(=O)NCC(=O)OC)c1. The second-order valence-corrected chi connectivity index (χ2v) is 5.04. The van der Waals surface area contributed by atoms with Gasteiger partial charge in [-0.3, -0.25) is 9.59 Å². The molecule has 142 valence electrons. The summed E-state index contributed by atoms with van der Waals surface area (Å²) >= 11 is 0. The predicted molar refractivity (Wildman–Crippen MR) is 91.0 cm³/mol. The maximum Gasteiger partial charge on any atom is 0.325 e. The van der Waals surface area contributed by atoms with E-state index < -0.39 is 24.0 Å². The first-order valence-corrected chi connectivity index (χ1v) is 7.69. The van der Waals surface area contributed by atoms with E-state index in [0.29, 0.717) is 0 Å². The zero-order valence-corrected chi connectivity index (χ0v) is 14.6. The van der Waals surface area contributed by atoms with Crippen molar-refractivity contribution < 1.29 is 28.7 Å². The number of ether oxygens (including phenoxy) is 2. The van der Waals surface area contributed by atoms with Crippen molar-refractivity contribution in [2.45, 2.75) is 13.1 Å². The summed E-state index contributed by atoms with van der Waals surface area (Å²) in [6.45, 7) is 0.0602. The summed E-state index contributed by atoms with van der Waals surface area (Å²) in [7, 11) is 2.47. The molecular weight excluding hydrogens is 344 g/mol. The van der Waals surface area contributed by atoms with Crippen LogP contribution >= 0.6 is 0 Å². The van der Waals surface area contributed by atoms with E-state index in [1.807, 2.05) is 0 Å². The van der Waals surface area contributed by atoms with Crippen LogP contribution in [0, 0.1) is 0 Å². The number of hydrogen-bond acceptors (Lipinski definition) is 6. The van der Waals surface area contributed by atoms with Gasteiger partial charge in [0.2, 0.25) is 0 Å². The van der Waals surface area contributed by atoms with Crippen molar-refractivity contribution in [1.29, 1.82) is 0 Å².